The Morgan fingerprint density at radius 2 is 1.95 bits per heavy atom. The minimum Gasteiger partial charge on any atom is -0.484 e. The Bertz CT molecular complexity index is 425. The third kappa shape index (κ3) is 6.11. The summed E-state index contributed by atoms with van der Waals surface area (Å²) < 4.78 is 40.8. The predicted molar refractivity (Wildman–Crippen MR) is 78.0 cm³/mol. The summed E-state index contributed by atoms with van der Waals surface area (Å²) in [5, 5.41) is 3.32. The molecular weight excluding hydrogens is 305 g/mol. The summed E-state index contributed by atoms with van der Waals surface area (Å²) >= 11 is 0. The summed E-state index contributed by atoms with van der Waals surface area (Å²) in [6.07, 6.45) is -4.30. The highest BCUT2D eigenvalue weighted by molar-refractivity contribution is 5.85. The first-order valence-electron chi connectivity index (χ1n) is 6.67. The fraction of sp³-hybridized carbons (Fsp3) is 0.571. The lowest BCUT2D eigenvalue weighted by Crippen LogP contribution is -2.49. The van der Waals surface area contributed by atoms with Crippen molar-refractivity contribution in [3.63, 3.8) is 0 Å². The molecule has 0 unspecified atom stereocenters. The van der Waals surface area contributed by atoms with Gasteiger partial charge in [-0.1, -0.05) is 12.1 Å². The number of nitrogens with one attached hydrogen (secondary N) is 1. The molecule has 2 rings (SSSR count). The second-order valence-corrected chi connectivity index (χ2v) is 5.07. The van der Waals surface area contributed by atoms with Gasteiger partial charge in [0.05, 0.1) is 0 Å². The van der Waals surface area contributed by atoms with Gasteiger partial charge >= 0.3 is 6.18 Å². The number of piperazine rings is 1. The van der Waals surface area contributed by atoms with E-state index in [1.165, 1.54) is 0 Å². The van der Waals surface area contributed by atoms with E-state index in [-0.39, 0.29) is 18.2 Å². The molecule has 0 saturated carbocycles. The molecule has 1 fully saturated rings. The third-order valence-corrected chi connectivity index (χ3v) is 3.35. The zero-order valence-electron chi connectivity index (χ0n) is 11.8. The quantitative estimate of drug-likeness (QED) is 0.921. The molecule has 1 aliphatic rings. The Hall–Kier alpha value is -0.980. The fourth-order valence-corrected chi connectivity index (χ4v) is 2.21. The maximum Gasteiger partial charge on any atom is 0.422 e. The molecular formula is C14H20ClF3N2O. The molecule has 0 bridgehead atoms. The highest BCUT2D eigenvalue weighted by Gasteiger charge is 2.28. The number of hydrogen-bond donors (Lipinski definition) is 1. The van der Waals surface area contributed by atoms with Crippen LogP contribution in [-0.2, 0) is 6.54 Å². The van der Waals surface area contributed by atoms with E-state index in [0.717, 1.165) is 31.7 Å². The summed E-state index contributed by atoms with van der Waals surface area (Å²) in [5.74, 6) is 0.249. The van der Waals surface area contributed by atoms with E-state index in [1.807, 2.05) is 12.1 Å². The van der Waals surface area contributed by atoms with Gasteiger partial charge in [0.1, 0.15) is 5.75 Å². The molecule has 0 spiro atoms. The van der Waals surface area contributed by atoms with Crippen LogP contribution < -0.4 is 10.1 Å². The second-order valence-electron chi connectivity index (χ2n) is 5.07. The number of rotatable bonds is 4. The van der Waals surface area contributed by atoms with E-state index < -0.39 is 12.8 Å². The largest absolute Gasteiger partial charge is 0.484 e. The van der Waals surface area contributed by atoms with Crippen molar-refractivity contribution in [3.05, 3.63) is 29.8 Å². The first-order valence-corrected chi connectivity index (χ1v) is 6.67. The number of halogens is 4. The molecule has 21 heavy (non-hydrogen) atoms. The van der Waals surface area contributed by atoms with E-state index in [2.05, 4.69) is 21.9 Å². The van der Waals surface area contributed by atoms with Gasteiger partial charge in [-0.05, 0) is 24.6 Å². The normalized spacial score (nSPS) is 19.9. The van der Waals surface area contributed by atoms with Crippen molar-refractivity contribution in [2.24, 2.45) is 0 Å². The molecule has 0 amide bonds. The van der Waals surface area contributed by atoms with Gasteiger partial charge in [-0.2, -0.15) is 13.2 Å². The van der Waals surface area contributed by atoms with Crippen LogP contribution in [0.3, 0.4) is 0 Å². The van der Waals surface area contributed by atoms with Gasteiger partial charge in [0, 0.05) is 32.2 Å². The Kier molecular flexibility index (Phi) is 6.77. The van der Waals surface area contributed by atoms with Crippen molar-refractivity contribution in [1.82, 2.24) is 10.2 Å². The van der Waals surface area contributed by atoms with E-state index in [0.29, 0.717) is 6.04 Å². The minimum atomic E-state index is -4.30. The monoisotopic (exact) mass is 324 g/mol. The van der Waals surface area contributed by atoms with Crippen LogP contribution in [0.4, 0.5) is 13.2 Å². The predicted octanol–water partition coefficient (Wildman–Crippen LogP) is 2.84. The molecule has 0 radical (unpaired) electrons. The van der Waals surface area contributed by atoms with E-state index in [4.69, 9.17) is 0 Å². The fourth-order valence-electron chi connectivity index (χ4n) is 2.21. The smallest absolute Gasteiger partial charge is 0.422 e. The summed E-state index contributed by atoms with van der Waals surface area (Å²) in [7, 11) is 0. The second kappa shape index (κ2) is 7.87. The van der Waals surface area contributed by atoms with E-state index >= 15 is 0 Å². The Labute approximate surface area is 128 Å². The molecule has 120 valence electrons. The molecule has 0 aromatic heterocycles. The lowest BCUT2D eigenvalue weighted by molar-refractivity contribution is -0.153. The summed E-state index contributed by atoms with van der Waals surface area (Å²) in [6, 6.07) is 7.29. The molecule has 1 saturated heterocycles. The molecule has 1 heterocycles. The Morgan fingerprint density at radius 1 is 1.29 bits per heavy atom. The SMILES string of the molecule is C[C@H]1CNCCN1Cc1ccc(OCC(F)(F)F)cc1.Cl. The van der Waals surface area contributed by atoms with Crippen molar-refractivity contribution in [3.8, 4) is 5.75 Å². The number of alkyl halides is 3. The lowest BCUT2D eigenvalue weighted by atomic mass is 10.1. The number of nitrogens with zero attached hydrogens (tertiary/aromatic N) is 1. The van der Waals surface area contributed by atoms with E-state index in [1.54, 1.807) is 12.1 Å². The van der Waals surface area contributed by atoms with Crippen LogP contribution in [0.5, 0.6) is 5.75 Å². The number of ether oxygens (including phenoxy) is 1. The van der Waals surface area contributed by atoms with Crippen LogP contribution in [0.1, 0.15) is 12.5 Å². The molecule has 1 atom stereocenters. The molecule has 7 heteroatoms. The van der Waals surface area contributed by atoms with Crippen molar-refractivity contribution in [1.29, 1.82) is 0 Å². The van der Waals surface area contributed by atoms with Gasteiger partial charge < -0.3 is 10.1 Å². The van der Waals surface area contributed by atoms with Crippen LogP contribution in [-0.4, -0.2) is 43.4 Å². The maximum atomic E-state index is 12.0. The highest BCUT2D eigenvalue weighted by atomic mass is 35.5. The molecule has 0 aliphatic carbocycles. The zero-order chi connectivity index (χ0) is 14.6. The van der Waals surface area contributed by atoms with Crippen LogP contribution in [0.15, 0.2) is 24.3 Å². The zero-order valence-corrected chi connectivity index (χ0v) is 12.6. The summed E-state index contributed by atoms with van der Waals surface area (Å²) in [4.78, 5) is 2.35. The van der Waals surface area contributed by atoms with Gasteiger partial charge in [-0.15, -0.1) is 12.4 Å². The molecule has 1 N–H and O–H groups in total. The van der Waals surface area contributed by atoms with Crippen molar-refractivity contribution < 1.29 is 17.9 Å². The van der Waals surface area contributed by atoms with Gasteiger partial charge in [0.15, 0.2) is 6.61 Å². The summed E-state index contributed by atoms with van der Waals surface area (Å²) in [5.41, 5.74) is 1.08. The Morgan fingerprint density at radius 3 is 2.52 bits per heavy atom. The molecule has 1 aliphatic heterocycles. The third-order valence-electron chi connectivity index (χ3n) is 3.35. The van der Waals surface area contributed by atoms with Crippen LogP contribution in [0, 0.1) is 0 Å². The van der Waals surface area contributed by atoms with Crippen LogP contribution in [0.2, 0.25) is 0 Å². The maximum absolute atomic E-state index is 12.0. The average Bonchev–Trinajstić information content (AvgIpc) is 2.40. The first-order chi connectivity index (χ1) is 9.44. The minimum absolute atomic E-state index is 0. The van der Waals surface area contributed by atoms with E-state index in [9.17, 15) is 13.2 Å². The topological polar surface area (TPSA) is 24.5 Å². The molecule has 1 aromatic carbocycles. The number of benzene rings is 1. The van der Waals surface area contributed by atoms with Gasteiger partial charge in [0.25, 0.3) is 0 Å². The molecule has 3 nitrogen and oxygen atoms in total. The van der Waals surface area contributed by atoms with Crippen molar-refractivity contribution in [2.75, 3.05) is 26.2 Å². The van der Waals surface area contributed by atoms with Gasteiger partial charge in [0.2, 0.25) is 0 Å². The van der Waals surface area contributed by atoms with Gasteiger partial charge in [-0.3, -0.25) is 4.90 Å². The van der Waals surface area contributed by atoms with Crippen molar-refractivity contribution >= 4 is 12.4 Å². The standard InChI is InChI=1S/C14H19F3N2O.ClH/c1-11-8-18-6-7-19(11)9-12-2-4-13(5-3-12)20-10-14(15,16)17;/h2-5,11,18H,6-10H2,1H3;1H/t11-;/m0./s1. The van der Waals surface area contributed by atoms with Gasteiger partial charge in [-0.25, -0.2) is 0 Å². The van der Waals surface area contributed by atoms with Crippen molar-refractivity contribution in [2.45, 2.75) is 25.7 Å². The first kappa shape index (κ1) is 18.1. The molecule has 1 aromatic rings. The highest BCUT2D eigenvalue weighted by Crippen LogP contribution is 2.19. The van der Waals surface area contributed by atoms with Crippen LogP contribution >= 0.6 is 12.4 Å². The van der Waals surface area contributed by atoms with Crippen LogP contribution in [0.25, 0.3) is 0 Å². The number of hydrogen-bond acceptors (Lipinski definition) is 3. The lowest BCUT2D eigenvalue weighted by Gasteiger charge is -2.33. The summed E-state index contributed by atoms with van der Waals surface area (Å²) in [6.45, 7) is 4.63. The Balaban J connectivity index is 0.00000220. The average molecular weight is 325 g/mol.